The third-order valence-corrected chi connectivity index (χ3v) is 5.12. The number of nitrogens with zero attached hydrogens (tertiary/aromatic N) is 6. The van der Waals surface area contributed by atoms with Crippen molar-refractivity contribution in [3.8, 4) is 6.07 Å². The number of amides is 3. The molecule has 0 saturated heterocycles. The lowest BCUT2D eigenvalue weighted by molar-refractivity contribution is -0.110. The molecule has 0 bridgehead atoms. The third kappa shape index (κ3) is 34.6. The van der Waals surface area contributed by atoms with Gasteiger partial charge in [-0.1, -0.05) is 0 Å². The quantitative estimate of drug-likeness (QED) is 0.0378. The van der Waals surface area contributed by atoms with Crippen LogP contribution in [-0.2, 0) is 14.4 Å². The molecule has 228 valence electrons. The van der Waals surface area contributed by atoms with Crippen LogP contribution in [0.25, 0.3) is 9.69 Å². The van der Waals surface area contributed by atoms with E-state index in [1.54, 1.807) is 0 Å². The highest BCUT2D eigenvalue weighted by Crippen LogP contribution is 1.92. The van der Waals surface area contributed by atoms with Crippen LogP contribution in [0.1, 0.15) is 12.8 Å². The molecule has 3 amide bonds. The Morgan fingerprint density at radius 2 is 1.02 bits per heavy atom. The van der Waals surface area contributed by atoms with Crippen molar-refractivity contribution in [2.24, 2.45) is 17.2 Å². The number of nitrogens with one attached hydrogen (secondary N) is 3. The monoisotopic (exact) mass is 566 g/mol. The molecule has 0 aliphatic heterocycles. The molecule has 0 aliphatic carbocycles. The van der Waals surface area contributed by atoms with E-state index in [2.05, 4.69) is 41.5 Å². The fourth-order valence-corrected chi connectivity index (χ4v) is 3.17. The SMILES string of the molecule is NCCN(CCN)CCN.O=CNCCCN(CCNC=O)CCNC=O.[C-]#[N+]CCN(CCC#N)CC[N+]#[C-]. The van der Waals surface area contributed by atoms with Gasteiger partial charge in [0.15, 0.2) is 0 Å². The topological polar surface area (TPSA) is 208 Å². The van der Waals surface area contributed by atoms with Crippen LogP contribution in [0, 0.1) is 24.5 Å². The standard InChI is InChI=1S/C10H20N4O3.C9H12N4.C6H18N4/c15-8-11-2-1-5-14(6-3-12-9-16)7-4-13-10-17;1-11-5-8-13(7-3-4-10)9-6-12-2;7-1-4-10(5-2-8)6-3-9/h8-10H,1-7H2,(H,11,15)(H,12,16)(H,13,17);3,5-9H2;1-9H2. The van der Waals surface area contributed by atoms with Crippen molar-refractivity contribution in [3.63, 3.8) is 0 Å². The molecule has 0 fully saturated rings. The molecule has 0 aromatic rings. The molecule has 0 atom stereocenters. The average Bonchev–Trinajstić information content (AvgIpc) is 2.96. The molecular formula is C25H50N12O3. The smallest absolute Gasteiger partial charge is 0.227 e. The van der Waals surface area contributed by atoms with Gasteiger partial charge in [0, 0.05) is 85.0 Å². The highest BCUT2D eigenvalue weighted by molar-refractivity contribution is 5.46. The van der Waals surface area contributed by atoms with Gasteiger partial charge in [-0.05, 0) is 13.0 Å². The fraction of sp³-hybridized carbons (Fsp3) is 0.760. The van der Waals surface area contributed by atoms with Crippen molar-refractivity contribution >= 4 is 19.2 Å². The van der Waals surface area contributed by atoms with Crippen LogP contribution >= 0.6 is 0 Å². The van der Waals surface area contributed by atoms with E-state index < -0.39 is 0 Å². The number of carbonyl (C=O) groups excluding carboxylic acids is 3. The van der Waals surface area contributed by atoms with Crippen LogP contribution in [0.4, 0.5) is 0 Å². The molecule has 0 radical (unpaired) electrons. The Labute approximate surface area is 240 Å². The number of nitriles is 1. The summed E-state index contributed by atoms with van der Waals surface area (Å²) in [5.41, 5.74) is 16.1. The summed E-state index contributed by atoms with van der Waals surface area (Å²) < 4.78 is 0. The van der Waals surface area contributed by atoms with Gasteiger partial charge in [-0.3, -0.25) is 29.1 Å². The number of hydrogen-bond donors (Lipinski definition) is 6. The van der Waals surface area contributed by atoms with E-state index in [4.69, 9.17) is 35.6 Å². The first-order chi connectivity index (χ1) is 19.5. The maximum Gasteiger partial charge on any atom is 0.227 e. The zero-order valence-electron chi connectivity index (χ0n) is 23.8. The van der Waals surface area contributed by atoms with Crippen molar-refractivity contribution < 1.29 is 14.4 Å². The van der Waals surface area contributed by atoms with Gasteiger partial charge in [-0.15, -0.1) is 0 Å². The predicted octanol–water partition coefficient (Wildman–Crippen LogP) is -2.88. The molecule has 9 N–H and O–H groups in total. The van der Waals surface area contributed by atoms with E-state index in [1.807, 2.05) is 4.90 Å². The highest BCUT2D eigenvalue weighted by Gasteiger charge is 2.06. The summed E-state index contributed by atoms with van der Waals surface area (Å²) in [7, 11) is 0. The van der Waals surface area contributed by atoms with Gasteiger partial charge in [0.25, 0.3) is 0 Å². The molecule has 0 aromatic carbocycles. The van der Waals surface area contributed by atoms with E-state index in [1.165, 1.54) is 0 Å². The summed E-state index contributed by atoms with van der Waals surface area (Å²) in [5.74, 6) is 0. The minimum Gasteiger partial charge on any atom is -0.359 e. The zero-order valence-corrected chi connectivity index (χ0v) is 23.8. The summed E-state index contributed by atoms with van der Waals surface area (Å²) in [6.07, 6.45) is 3.30. The van der Waals surface area contributed by atoms with Gasteiger partial charge in [0.1, 0.15) is 0 Å². The number of hydrogen-bond acceptors (Lipinski definition) is 10. The molecule has 15 heteroatoms. The van der Waals surface area contributed by atoms with Crippen molar-refractivity contribution in [1.29, 1.82) is 5.26 Å². The number of rotatable bonds is 25. The first-order valence-electron chi connectivity index (χ1n) is 13.4. The third-order valence-electron chi connectivity index (χ3n) is 5.12. The minimum absolute atomic E-state index is 0.448. The van der Waals surface area contributed by atoms with Crippen LogP contribution in [-0.4, -0.2) is 145 Å². The van der Waals surface area contributed by atoms with Gasteiger partial charge < -0.3 is 42.8 Å². The lowest BCUT2D eigenvalue weighted by Gasteiger charge is -2.21. The molecule has 15 nitrogen and oxygen atoms in total. The van der Waals surface area contributed by atoms with Crippen LogP contribution < -0.4 is 33.2 Å². The van der Waals surface area contributed by atoms with E-state index in [-0.39, 0.29) is 0 Å². The first-order valence-corrected chi connectivity index (χ1v) is 13.4. The first kappa shape index (κ1) is 41.1. The van der Waals surface area contributed by atoms with Crippen LogP contribution in [0.5, 0.6) is 0 Å². The fourth-order valence-electron chi connectivity index (χ4n) is 3.17. The second-order valence-corrected chi connectivity index (χ2v) is 8.13. The Morgan fingerprint density at radius 3 is 1.40 bits per heavy atom. The summed E-state index contributed by atoms with van der Waals surface area (Å²) in [4.78, 5) is 43.0. The van der Waals surface area contributed by atoms with E-state index in [0.29, 0.717) is 97.6 Å². The molecule has 0 spiro atoms. The summed E-state index contributed by atoms with van der Waals surface area (Å²) in [6.45, 7) is 24.9. The average molecular weight is 567 g/mol. The molecule has 40 heavy (non-hydrogen) atoms. The van der Waals surface area contributed by atoms with Crippen molar-refractivity contribution in [3.05, 3.63) is 22.8 Å². The lowest BCUT2D eigenvalue weighted by atomic mass is 10.3. The molecule has 0 aromatic heterocycles. The summed E-state index contributed by atoms with van der Waals surface area (Å²) in [6, 6.07) is 2.05. The van der Waals surface area contributed by atoms with Gasteiger partial charge in [0.2, 0.25) is 32.3 Å². The van der Waals surface area contributed by atoms with Crippen LogP contribution in [0.3, 0.4) is 0 Å². The second-order valence-electron chi connectivity index (χ2n) is 8.13. The summed E-state index contributed by atoms with van der Waals surface area (Å²) >= 11 is 0. The number of carbonyl (C=O) groups is 3. The Kier molecular flexibility index (Phi) is 38.9. The maximum absolute atomic E-state index is 10.1. The zero-order chi connectivity index (χ0) is 30.5. The molecule has 0 aliphatic rings. The molecular weight excluding hydrogens is 516 g/mol. The van der Waals surface area contributed by atoms with Crippen LogP contribution in [0.15, 0.2) is 0 Å². The molecule has 0 saturated carbocycles. The summed E-state index contributed by atoms with van der Waals surface area (Å²) in [5, 5.41) is 16.1. The van der Waals surface area contributed by atoms with Gasteiger partial charge in [0.05, 0.1) is 19.2 Å². The van der Waals surface area contributed by atoms with Gasteiger partial charge in [-0.2, -0.15) is 5.26 Å². The largest absolute Gasteiger partial charge is 0.359 e. The second kappa shape index (κ2) is 37.8. The molecule has 0 unspecified atom stereocenters. The van der Waals surface area contributed by atoms with E-state index in [0.717, 1.165) is 45.7 Å². The van der Waals surface area contributed by atoms with E-state index >= 15 is 0 Å². The number of nitrogens with two attached hydrogens (primary N) is 3. The normalized spacial score (nSPS) is 9.68. The van der Waals surface area contributed by atoms with Crippen molar-refractivity contribution in [1.82, 2.24) is 30.7 Å². The predicted molar refractivity (Wildman–Crippen MR) is 156 cm³/mol. The Morgan fingerprint density at radius 1 is 0.625 bits per heavy atom. The Hall–Kier alpha value is -3.36. The van der Waals surface area contributed by atoms with Gasteiger partial charge in [-0.25, -0.2) is 13.1 Å². The Bertz CT molecular complexity index is 623. The Balaban J connectivity index is -0.000000533. The minimum atomic E-state index is 0.448. The van der Waals surface area contributed by atoms with Crippen LogP contribution in [0.2, 0.25) is 0 Å². The van der Waals surface area contributed by atoms with E-state index in [9.17, 15) is 14.4 Å². The highest BCUT2D eigenvalue weighted by atomic mass is 16.1. The maximum atomic E-state index is 10.1. The van der Waals surface area contributed by atoms with Gasteiger partial charge >= 0.3 is 0 Å². The lowest BCUT2D eigenvalue weighted by Crippen LogP contribution is -2.37. The van der Waals surface area contributed by atoms with Crippen molar-refractivity contribution in [2.75, 3.05) is 111 Å². The van der Waals surface area contributed by atoms with Crippen molar-refractivity contribution in [2.45, 2.75) is 12.8 Å². The molecule has 0 rings (SSSR count). The molecule has 0 heterocycles.